The first kappa shape index (κ1) is 27.2. The van der Waals surface area contributed by atoms with Crippen molar-refractivity contribution in [1.29, 1.82) is 0 Å². The number of carboxylic acids is 1. The highest BCUT2D eigenvalue weighted by Crippen LogP contribution is 2.42. The molecule has 0 amide bonds. The number of halogens is 3. The summed E-state index contributed by atoms with van der Waals surface area (Å²) in [6.07, 6.45) is 1.10. The van der Waals surface area contributed by atoms with E-state index in [0.29, 0.717) is 33.4 Å². The second-order valence-corrected chi connectivity index (χ2v) is 9.84. The lowest BCUT2D eigenvalue weighted by atomic mass is 10.1. The molecule has 3 aromatic rings. The second-order valence-electron chi connectivity index (χ2n) is 7.75. The average Bonchev–Trinajstić information content (AvgIpc) is 2.83. The highest BCUT2D eigenvalue weighted by Gasteiger charge is 2.22. The zero-order valence-electron chi connectivity index (χ0n) is 19.5. The number of rotatable bonds is 9. The topological polar surface area (TPSA) is 103 Å². The first-order chi connectivity index (χ1) is 16.6. The van der Waals surface area contributed by atoms with Crippen molar-refractivity contribution in [3.63, 3.8) is 0 Å². The van der Waals surface area contributed by atoms with Crippen LogP contribution in [-0.2, 0) is 4.79 Å². The maximum atomic E-state index is 13.4. The predicted octanol–water partition coefficient (Wildman–Crippen LogP) is 6.22. The van der Waals surface area contributed by atoms with E-state index in [1.165, 1.54) is 17.8 Å². The molecule has 0 aliphatic carbocycles. The normalized spacial score (nSPS) is 13.2. The highest BCUT2D eigenvalue weighted by atomic mass is 79.9. The molecule has 2 aromatic carbocycles. The Morgan fingerprint density at radius 3 is 2.63 bits per heavy atom. The summed E-state index contributed by atoms with van der Waals surface area (Å²) in [4.78, 5) is 29.3. The third-order valence-corrected chi connectivity index (χ3v) is 7.23. The first-order valence-corrected chi connectivity index (χ1v) is 12.9. The van der Waals surface area contributed by atoms with Crippen LogP contribution in [0, 0.1) is 0 Å². The summed E-state index contributed by atoms with van der Waals surface area (Å²) in [5.74, 6) is -0.275. The minimum Gasteiger partial charge on any atom is -0.490 e. The van der Waals surface area contributed by atoms with E-state index in [1.807, 2.05) is 19.9 Å². The zero-order valence-corrected chi connectivity index (χ0v) is 23.4. The predicted molar refractivity (Wildman–Crippen MR) is 143 cm³/mol. The van der Waals surface area contributed by atoms with Crippen LogP contribution in [0.5, 0.6) is 11.5 Å². The summed E-state index contributed by atoms with van der Waals surface area (Å²) in [6, 6.07) is 6.97. The molecule has 0 bridgehead atoms. The Kier molecular flexibility index (Phi) is 8.95. The molecule has 1 N–H and O–H groups in total. The van der Waals surface area contributed by atoms with Crippen LogP contribution in [-0.4, -0.2) is 39.7 Å². The molecule has 0 radical (unpaired) electrons. The summed E-state index contributed by atoms with van der Waals surface area (Å²) in [7, 11) is 0. The molecule has 0 fully saturated rings. The fourth-order valence-corrected chi connectivity index (χ4v) is 4.20. The molecule has 1 aromatic heterocycles. The molecule has 1 heterocycles. The molecule has 0 spiro atoms. The van der Waals surface area contributed by atoms with Crippen molar-refractivity contribution < 1.29 is 19.4 Å². The van der Waals surface area contributed by atoms with Gasteiger partial charge in [-0.3, -0.25) is 4.79 Å². The van der Waals surface area contributed by atoms with Crippen LogP contribution in [0.4, 0.5) is 0 Å². The van der Waals surface area contributed by atoms with Crippen molar-refractivity contribution in [3.8, 4) is 11.5 Å². The number of carboxylic acid groups (broad SMARTS) is 1. The van der Waals surface area contributed by atoms with Gasteiger partial charge in [0.2, 0.25) is 0 Å². The Morgan fingerprint density at radius 1 is 1.29 bits per heavy atom. The highest BCUT2D eigenvalue weighted by molar-refractivity contribution is 9.10. The van der Waals surface area contributed by atoms with Gasteiger partial charge in [-0.1, -0.05) is 41.4 Å². The van der Waals surface area contributed by atoms with Gasteiger partial charge in [-0.15, -0.1) is 0 Å². The molecule has 0 saturated carbocycles. The van der Waals surface area contributed by atoms with Gasteiger partial charge in [0.1, 0.15) is 10.8 Å². The number of benzene rings is 2. The summed E-state index contributed by atoms with van der Waals surface area (Å²) >= 11 is 13.3. The third kappa shape index (κ3) is 5.87. The number of aliphatic carboxylic acids is 1. The maximum absolute atomic E-state index is 13.4. The van der Waals surface area contributed by atoms with E-state index < -0.39 is 12.1 Å². The van der Waals surface area contributed by atoms with E-state index in [0.717, 1.165) is 10.9 Å². The molecular formula is C24H24Br2ClN3O5. The lowest BCUT2D eigenvalue weighted by molar-refractivity contribution is -0.144. The van der Waals surface area contributed by atoms with E-state index in [9.17, 15) is 14.7 Å². The van der Waals surface area contributed by atoms with Crippen molar-refractivity contribution >= 4 is 66.5 Å². The minimum absolute atomic E-state index is 0.0211. The van der Waals surface area contributed by atoms with Gasteiger partial charge in [0.25, 0.3) is 5.56 Å². The summed E-state index contributed by atoms with van der Waals surface area (Å²) in [5, 5.41) is 14.2. The minimum atomic E-state index is -1.14. The number of nitrogens with zero attached hydrogens (tertiary/aromatic N) is 3. The summed E-state index contributed by atoms with van der Waals surface area (Å²) < 4.78 is 13.6. The van der Waals surface area contributed by atoms with Crippen molar-refractivity contribution in [3.05, 3.63) is 60.0 Å². The van der Waals surface area contributed by atoms with Crippen molar-refractivity contribution in [2.24, 2.45) is 5.10 Å². The zero-order chi connectivity index (χ0) is 25.9. The number of aromatic nitrogens is 2. The van der Waals surface area contributed by atoms with E-state index in [-0.39, 0.29) is 28.0 Å². The van der Waals surface area contributed by atoms with Crippen LogP contribution >= 0.6 is 43.5 Å². The molecule has 11 heteroatoms. The number of hydrogen-bond acceptors (Lipinski definition) is 6. The SMILES string of the molecule is CCOc1cc(C=Nn2c([C@@H](C)CC)nc3ccc(Br)cc3c2=O)c(Br)c(Cl)c1O[C@@H](C)C(=O)O. The van der Waals surface area contributed by atoms with Crippen molar-refractivity contribution in [2.45, 2.75) is 46.1 Å². The van der Waals surface area contributed by atoms with E-state index in [4.69, 9.17) is 26.1 Å². The first-order valence-electron chi connectivity index (χ1n) is 10.9. The van der Waals surface area contributed by atoms with Gasteiger partial charge in [-0.25, -0.2) is 9.78 Å². The number of carbonyl (C=O) groups is 1. The Bertz CT molecular complexity index is 1360. The van der Waals surface area contributed by atoms with Crippen molar-refractivity contribution in [2.75, 3.05) is 6.61 Å². The smallest absolute Gasteiger partial charge is 0.344 e. The molecule has 35 heavy (non-hydrogen) atoms. The van der Waals surface area contributed by atoms with Crippen molar-refractivity contribution in [1.82, 2.24) is 9.66 Å². The van der Waals surface area contributed by atoms with Crippen LogP contribution in [0.25, 0.3) is 10.9 Å². The third-order valence-electron chi connectivity index (χ3n) is 5.30. The van der Waals surface area contributed by atoms with Crippen LogP contribution in [0.3, 0.4) is 0 Å². The fraction of sp³-hybridized carbons (Fsp3) is 0.333. The molecule has 2 atom stereocenters. The Balaban J connectivity index is 2.17. The van der Waals surface area contributed by atoms with Gasteiger partial charge in [-0.2, -0.15) is 9.78 Å². The lowest BCUT2D eigenvalue weighted by Crippen LogP contribution is -2.24. The maximum Gasteiger partial charge on any atom is 0.344 e. The van der Waals surface area contributed by atoms with E-state index in [2.05, 4.69) is 37.0 Å². The second kappa shape index (κ2) is 11.5. The van der Waals surface area contributed by atoms with E-state index in [1.54, 1.807) is 25.1 Å². The molecule has 8 nitrogen and oxygen atoms in total. The average molecular weight is 630 g/mol. The molecule has 0 saturated heterocycles. The Labute approximate surface area is 224 Å². The largest absolute Gasteiger partial charge is 0.490 e. The van der Waals surface area contributed by atoms with Crippen LogP contribution in [0.1, 0.15) is 51.4 Å². The number of fused-ring (bicyclic) bond motifs is 1. The molecule has 0 aliphatic rings. The van der Waals surface area contributed by atoms with Crippen LogP contribution in [0.15, 0.2) is 43.1 Å². The van der Waals surface area contributed by atoms with Gasteiger partial charge in [-0.05, 0) is 60.5 Å². The molecule has 0 aliphatic heterocycles. The van der Waals surface area contributed by atoms with Gasteiger partial charge >= 0.3 is 5.97 Å². The standard InChI is InChI=1S/C24H24Br2ClN3O5/c1-5-12(3)22-29-17-8-7-15(25)10-16(17)23(31)30(22)28-11-14-9-18(34-6-2)21(20(27)19(14)26)35-13(4)24(32)33/h7-13H,5-6H2,1-4H3,(H,32,33)/t12-,13-/m0/s1. The molecular weight excluding hydrogens is 606 g/mol. The van der Waals surface area contributed by atoms with Gasteiger partial charge < -0.3 is 14.6 Å². The summed E-state index contributed by atoms with van der Waals surface area (Å²) in [6.45, 7) is 7.47. The molecule has 3 rings (SSSR count). The monoisotopic (exact) mass is 627 g/mol. The van der Waals surface area contributed by atoms with Crippen LogP contribution < -0.4 is 15.0 Å². The Morgan fingerprint density at radius 2 is 2.00 bits per heavy atom. The van der Waals surface area contributed by atoms with Gasteiger partial charge in [0.05, 0.1) is 23.7 Å². The van der Waals surface area contributed by atoms with E-state index >= 15 is 0 Å². The number of ether oxygens (including phenoxy) is 2. The quantitative estimate of drug-likeness (QED) is 0.282. The molecule has 186 valence electrons. The lowest BCUT2D eigenvalue weighted by Gasteiger charge is -2.18. The van der Waals surface area contributed by atoms with Gasteiger partial charge in [0, 0.05) is 20.4 Å². The van der Waals surface area contributed by atoms with Crippen LogP contribution in [0.2, 0.25) is 5.02 Å². The summed E-state index contributed by atoms with van der Waals surface area (Å²) in [5.41, 5.74) is 0.798. The molecule has 0 unspecified atom stereocenters. The Hall–Kier alpha value is -2.43. The number of hydrogen-bond donors (Lipinski definition) is 1. The van der Waals surface area contributed by atoms with Gasteiger partial charge in [0.15, 0.2) is 17.6 Å². The fourth-order valence-electron chi connectivity index (χ4n) is 3.20.